The van der Waals surface area contributed by atoms with Crippen LogP contribution in [0.3, 0.4) is 0 Å². The van der Waals surface area contributed by atoms with E-state index in [4.69, 9.17) is 16.3 Å². The number of halogens is 1. The molecule has 0 radical (unpaired) electrons. The maximum atomic E-state index is 12.0. The molecule has 0 aliphatic heterocycles. The van der Waals surface area contributed by atoms with E-state index in [0.717, 1.165) is 6.07 Å². The van der Waals surface area contributed by atoms with Gasteiger partial charge in [0, 0.05) is 34.2 Å². The number of hydrogen-bond acceptors (Lipinski definition) is 6. The van der Waals surface area contributed by atoms with Crippen molar-refractivity contribution in [1.29, 1.82) is 0 Å². The highest BCUT2D eigenvalue weighted by Gasteiger charge is 2.17. The molecule has 2 aromatic rings. The van der Waals surface area contributed by atoms with Crippen LogP contribution in [0.15, 0.2) is 42.5 Å². The summed E-state index contributed by atoms with van der Waals surface area (Å²) in [6.07, 6.45) is -0.243. The molecule has 0 bridgehead atoms. The van der Waals surface area contributed by atoms with E-state index in [2.05, 4.69) is 0 Å². The average Bonchev–Trinajstić information content (AvgIpc) is 2.64. The van der Waals surface area contributed by atoms with Crippen LogP contribution in [0.5, 0.6) is 0 Å². The summed E-state index contributed by atoms with van der Waals surface area (Å²) in [5.74, 6) is -1.51. The van der Waals surface area contributed by atoms with Crippen LogP contribution in [0.25, 0.3) is 0 Å². The van der Waals surface area contributed by atoms with E-state index in [1.165, 1.54) is 12.1 Å². The predicted octanol–water partition coefficient (Wildman–Crippen LogP) is 3.95. The molecule has 0 spiro atoms. The second-order valence-electron chi connectivity index (χ2n) is 5.77. The molecule has 27 heavy (non-hydrogen) atoms. The molecule has 0 atom stereocenters. The first-order valence-electron chi connectivity index (χ1n) is 8.00. The number of rotatable bonds is 8. The van der Waals surface area contributed by atoms with Gasteiger partial charge in [0.15, 0.2) is 12.4 Å². The summed E-state index contributed by atoms with van der Waals surface area (Å²) >= 11 is 5.75. The Kier molecular flexibility index (Phi) is 6.79. The molecule has 0 saturated heterocycles. The monoisotopic (exact) mass is 389 g/mol. The van der Waals surface area contributed by atoms with Crippen LogP contribution in [0, 0.1) is 17.0 Å². The maximum Gasteiger partial charge on any atom is 0.306 e. The highest BCUT2D eigenvalue weighted by molar-refractivity contribution is 6.30. The Bertz CT molecular complexity index is 892. The van der Waals surface area contributed by atoms with E-state index in [1.54, 1.807) is 31.2 Å². The normalized spacial score (nSPS) is 10.3. The van der Waals surface area contributed by atoms with Crippen molar-refractivity contribution in [3.05, 3.63) is 74.3 Å². The lowest BCUT2D eigenvalue weighted by atomic mass is 10.1. The third-order valence-electron chi connectivity index (χ3n) is 3.81. The number of aryl methyl sites for hydroxylation is 1. The number of esters is 1. The van der Waals surface area contributed by atoms with Gasteiger partial charge in [-0.15, -0.1) is 0 Å². The van der Waals surface area contributed by atoms with Crippen LogP contribution in [-0.2, 0) is 9.53 Å². The molecule has 140 valence electrons. The fraction of sp³-hybridized carbons (Fsp3) is 0.211. The summed E-state index contributed by atoms with van der Waals surface area (Å²) in [5, 5.41) is 11.4. The summed E-state index contributed by atoms with van der Waals surface area (Å²) in [6.45, 7) is 1.01. The van der Waals surface area contributed by atoms with Gasteiger partial charge in [-0.2, -0.15) is 0 Å². The van der Waals surface area contributed by atoms with Crippen molar-refractivity contribution in [3.8, 4) is 0 Å². The van der Waals surface area contributed by atoms with Gasteiger partial charge in [0.1, 0.15) is 0 Å². The molecule has 0 fully saturated rings. The Morgan fingerprint density at radius 2 is 1.63 bits per heavy atom. The molecular formula is C19H16ClNO6. The zero-order chi connectivity index (χ0) is 20.0. The van der Waals surface area contributed by atoms with Gasteiger partial charge < -0.3 is 4.74 Å². The molecule has 0 saturated carbocycles. The van der Waals surface area contributed by atoms with E-state index < -0.39 is 23.3 Å². The standard InChI is InChI=1S/C19H16ClNO6/c1-12-2-3-14(10-16(12)21(25)26)18(23)11-27-19(24)9-8-17(22)13-4-6-15(20)7-5-13/h2-7,10H,8-9,11H2,1H3. The smallest absolute Gasteiger partial charge is 0.306 e. The van der Waals surface area contributed by atoms with Crippen molar-refractivity contribution >= 4 is 34.8 Å². The quantitative estimate of drug-likeness (QED) is 0.293. The molecule has 0 unspecified atom stereocenters. The molecule has 8 heteroatoms. The van der Waals surface area contributed by atoms with Crippen LogP contribution in [0.2, 0.25) is 5.02 Å². The predicted molar refractivity (Wildman–Crippen MR) is 98.1 cm³/mol. The molecule has 2 rings (SSSR count). The minimum atomic E-state index is -0.702. The summed E-state index contributed by atoms with van der Waals surface area (Å²) in [6, 6.07) is 10.3. The van der Waals surface area contributed by atoms with E-state index in [9.17, 15) is 24.5 Å². The van der Waals surface area contributed by atoms with E-state index >= 15 is 0 Å². The molecule has 7 nitrogen and oxygen atoms in total. The van der Waals surface area contributed by atoms with Gasteiger partial charge in [0.2, 0.25) is 5.78 Å². The van der Waals surface area contributed by atoms with Gasteiger partial charge in [-0.25, -0.2) is 0 Å². The first-order valence-corrected chi connectivity index (χ1v) is 8.38. The largest absolute Gasteiger partial charge is 0.457 e. The number of nitro benzene ring substituents is 1. The second kappa shape index (κ2) is 9.05. The van der Waals surface area contributed by atoms with Gasteiger partial charge in [-0.1, -0.05) is 23.7 Å². The van der Waals surface area contributed by atoms with Crippen molar-refractivity contribution < 1.29 is 24.0 Å². The fourth-order valence-corrected chi connectivity index (χ4v) is 2.40. The van der Waals surface area contributed by atoms with Crippen molar-refractivity contribution in [2.75, 3.05) is 6.61 Å². The minimum Gasteiger partial charge on any atom is -0.457 e. The highest BCUT2D eigenvalue weighted by Crippen LogP contribution is 2.19. The van der Waals surface area contributed by atoms with Gasteiger partial charge in [0.05, 0.1) is 11.3 Å². The molecule has 2 aromatic carbocycles. The van der Waals surface area contributed by atoms with Gasteiger partial charge in [-0.05, 0) is 31.2 Å². The number of benzene rings is 2. The van der Waals surface area contributed by atoms with Crippen molar-refractivity contribution in [2.45, 2.75) is 19.8 Å². The van der Waals surface area contributed by atoms with E-state index in [0.29, 0.717) is 16.1 Å². The summed E-state index contributed by atoms with van der Waals surface area (Å²) in [4.78, 5) is 46.1. The van der Waals surface area contributed by atoms with Crippen LogP contribution in [0.1, 0.15) is 39.1 Å². The zero-order valence-corrected chi connectivity index (χ0v) is 15.2. The van der Waals surface area contributed by atoms with Crippen molar-refractivity contribution in [3.63, 3.8) is 0 Å². The lowest BCUT2D eigenvalue weighted by molar-refractivity contribution is -0.385. The number of nitrogens with zero attached hydrogens (tertiary/aromatic N) is 1. The van der Waals surface area contributed by atoms with Gasteiger partial charge in [0.25, 0.3) is 5.69 Å². The highest BCUT2D eigenvalue weighted by atomic mass is 35.5. The van der Waals surface area contributed by atoms with E-state index in [-0.39, 0.29) is 29.9 Å². The first kappa shape index (κ1) is 20.3. The Labute approximate surface area is 160 Å². The number of Topliss-reactive ketones (excluding diaryl/α,β-unsaturated/α-hetero) is 2. The van der Waals surface area contributed by atoms with Gasteiger partial charge >= 0.3 is 5.97 Å². The maximum absolute atomic E-state index is 12.0. The number of carbonyl (C=O) groups excluding carboxylic acids is 3. The summed E-state index contributed by atoms with van der Waals surface area (Å²) in [5.41, 5.74) is 0.752. The number of ether oxygens (including phenoxy) is 1. The molecule has 0 heterocycles. The number of carbonyl (C=O) groups is 3. The number of nitro groups is 1. The third-order valence-corrected chi connectivity index (χ3v) is 4.07. The lowest BCUT2D eigenvalue weighted by Crippen LogP contribution is -2.15. The Hall–Kier alpha value is -3.06. The Morgan fingerprint density at radius 3 is 2.26 bits per heavy atom. The SMILES string of the molecule is Cc1ccc(C(=O)COC(=O)CCC(=O)c2ccc(Cl)cc2)cc1[N+](=O)[O-]. The van der Waals surface area contributed by atoms with Crippen molar-refractivity contribution in [1.82, 2.24) is 0 Å². The summed E-state index contributed by atoms with van der Waals surface area (Å²) in [7, 11) is 0. The minimum absolute atomic E-state index is 0.0648. The molecule has 0 aromatic heterocycles. The average molecular weight is 390 g/mol. The number of ketones is 2. The van der Waals surface area contributed by atoms with Crippen molar-refractivity contribution in [2.24, 2.45) is 0 Å². The number of hydrogen-bond donors (Lipinski definition) is 0. The van der Waals surface area contributed by atoms with E-state index in [1.807, 2.05) is 0 Å². The fourth-order valence-electron chi connectivity index (χ4n) is 2.28. The van der Waals surface area contributed by atoms with Crippen LogP contribution in [0.4, 0.5) is 5.69 Å². The molecular weight excluding hydrogens is 374 g/mol. The first-order chi connectivity index (χ1) is 12.8. The Morgan fingerprint density at radius 1 is 1.00 bits per heavy atom. The molecule has 0 aliphatic carbocycles. The van der Waals surface area contributed by atoms with Crippen LogP contribution < -0.4 is 0 Å². The van der Waals surface area contributed by atoms with Crippen LogP contribution >= 0.6 is 11.6 Å². The zero-order valence-electron chi connectivity index (χ0n) is 14.4. The topological polar surface area (TPSA) is 104 Å². The molecule has 0 aliphatic rings. The van der Waals surface area contributed by atoms with Crippen LogP contribution in [-0.4, -0.2) is 29.1 Å². The molecule has 0 N–H and O–H groups in total. The third kappa shape index (κ3) is 5.72. The van der Waals surface area contributed by atoms with Gasteiger partial charge in [-0.3, -0.25) is 24.5 Å². The lowest BCUT2D eigenvalue weighted by Gasteiger charge is -2.05. The molecule has 0 amide bonds. The second-order valence-corrected chi connectivity index (χ2v) is 6.21. The Balaban J connectivity index is 1.85. The summed E-state index contributed by atoms with van der Waals surface area (Å²) < 4.78 is 4.86.